The van der Waals surface area contributed by atoms with Crippen LogP contribution in [0.2, 0.25) is 0 Å². The first kappa shape index (κ1) is 20.2. The van der Waals surface area contributed by atoms with Gasteiger partial charge in [0.1, 0.15) is 0 Å². The maximum absolute atomic E-state index is 2.85. The van der Waals surface area contributed by atoms with Gasteiger partial charge in [-0.1, -0.05) is 13.8 Å². The highest BCUT2D eigenvalue weighted by Gasteiger charge is 2.47. The molecule has 4 fully saturated rings. The molecule has 0 amide bonds. The van der Waals surface area contributed by atoms with Crippen LogP contribution in [-0.4, -0.2) is 48.6 Å². The van der Waals surface area contributed by atoms with Gasteiger partial charge in [0.05, 0.1) is 0 Å². The van der Waals surface area contributed by atoms with Crippen LogP contribution in [0.4, 0.5) is 0 Å². The molecule has 2 heteroatoms. The van der Waals surface area contributed by atoms with Gasteiger partial charge in [0.15, 0.2) is 0 Å². The molecule has 2 aliphatic heterocycles. The topological polar surface area (TPSA) is 6.48 Å². The second-order valence-electron chi connectivity index (χ2n) is 11.8. The number of hydrogen-bond acceptors (Lipinski definition) is 2. The van der Waals surface area contributed by atoms with Crippen LogP contribution in [0.3, 0.4) is 0 Å². The molecule has 2 nitrogen and oxygen atoms in total. The normalized spacial score (nSPS) is 32.4. The molecule has 0 atom stereocenters. The van der Waals surface area contributed by atoms with Crippen molar-refractivity contribution < 1.29 is 0 Å². The first-order valence-corrected chi connectivity index (χ1v) is 12.4. The molecule has 27 heavy (non-hydrogen) atoms. The molecule has 156 valence electrons. The van der Waals surface area contributed by atoms with Crippen LogP contribution >= 0.6 is 0 Å². The van der Waals surface area contributed by atoms with Gasteiger partial charge in [0.25, 0.3) is 0 Å². The summed E-state index contributed by atoms with van der Waals surface area (Å²) >= 11 is 0. The summed E-state index contributed by atoms with van der Waals surface area (Å²) in [6.45, 7) is 16.5. The molecular formula is C25H46N2. The molecule has 0 unspecified atom stereocenters. The van der Waals surface area contributed by atoms with Crippen molar-refractivity contribution in [2.75, 3.05) is 32.7 Å². The highest BCUT2D eigenvalue weighted by molar-refractivity contribution is 4.99. The molecule has 2 heterocycles. The van der Waals surface area contributed by atoms with Crippen LogP contribution < -0.4 is 0 Å². The minimum atomic E-state index is 0.742. The van der Waals surface area contributed by atoms with E-state index in [1.165, 1.54) is 96.9 Å². The van der Waals surface area contributed by atoms with Gasteiger partial charge in [-0.05, 0) is 133 Å². The lowest BCUT2D eigenvalue weighted by Crippen LogP contribution is -2.52. The predicted octanol–water partition coefficient (Wildman–Crippen LogP) is 5.82. The largest absolute Gasteiger partial charge is 0.303 e. The van der Waals surface area contributed by atoms with Crippen LogP contribution in [0.15, 0.2) is 0 Å². The minimum absolute atomic E-state index is 0.742. The first-order chi connectivity index (χ1) is 12.9. The minimum Gasteiger partial charge on any atom is -0.303 e. The fraction of sp³-hybridized carbons (Fsp3) is 1.00. The summed E-state index contributed by atoms with van der Waals surface area (Å²) in [6.07, 6.45) is 15.1. The van der Waals surface area contributed by atoms with Crippen LogP contribution in [-0.2, 0) is 0 Å². The Labute approximate surface area is 169 Å². The van der Waals surface area contributed by atoms with Crippen molar-refractivity contribution in [1.29, 1.82) is 0 Å². The summed E-state index contributed by atoms with van der Waals surface area (Å²) in [4.78, 5) is 5.54. The lowest BCUT2D eigenvalue weighted by molar-refractivity contribution is -0.0412. The summed E-state index contributed by atoms with van der Waals surface area (Å²) in [6, 6.07) is 0.745. The standard InChI is InChI=1S/C25H46N2/c1-20(2)23-5-7-24(8-6-23)9-13-26(14-10-24)19-22-17-25(18-22)11-15-27(16-12-25)21(3)4/h20-23H,5-19H2,1-4H3. The van der Waals surface area contributed by atoms with Gasteiger partial charge in [-0.2, -0.15) is 0 Å². The van der Waals surface area contributed by atoms with E-state index in [0.717, 1.165) is 34.6 Å². The molecule has 2 saturated carbocycles. The van der Waals surface area contributed by atoms with Gasteiger partial charge in [-0.3, -0.25) is 0 Å². The van der Waals surface area contributed by atoms with E-state index in [-0.39, 0.29) is 0 Å². The second-order valence-corrected chi connectivity index (χ2v) is 11.8. The van der Waals surface area contributed by atoms with Gasteiger partial charge >= 0.3 is 0 Å². The molecule has 2 saturated heterocycles. The Kier molecular flexibility index (Phi) is 5.97. The first-order valence-electron chi connectivity index (χ1n) is 12.4. The predicted molar refractivity (Wildman–Crippen MR) is 116 cm³/mol. The van der Waals surface area contributed by atoms with Gasteiger partial charge in [0.2, 0.25) is 0 Å². The lowest BCUT2D eigenvalue weighted by atomic mass is 9.57. The molecule has 0 aromatic heterocycles. The summed E-state index contributed by atoms with van der Waals surface area (Å²) in [7, 11) is 0. The van der Waals surface area contributed by atoms with Gasteiger partial charge in [-0.25, -0.2) is 0 Å². The van der Waals surface area contributed by atoms with Crippen molar-refractivity contribution in [2.45, 2.75) is 97.9 Å². The van der Waals surface area contributed by atoms with Crippen molar-refractivity contribution in [3.8, 4) is 0 Å². The summed E-state index contributed by atoms with van der Waals surface area (Å²) in [5, 5.41) is 0. The Morgan fingerprint density at radius 1 is 0.741 bits per heavy atom. The molecule has 4 rings (SSSR count). The van der Waals surface area contributed by atoms with Crippen LogP contribution in [0.5, 0.6) is 0 Å². The third-order valence-electron chi connectivity index (χ3n) is 9.50. The monoisotopic (exact) mass is 374 g/mol. The third-order valence-corrected chi connectivity index (χ3v) is 9.50. The van der Waals surface area contributed by atoms with Gasteiger partial charge in [0, 0.05) is 12.6 Å². The number of piperidine rings is 2. The Hall–Kier alpha value is -0.0800. The molecule has 0 radical (unpaired) electrons. The molecule has 2 aliphatic carbocycles. The quantitative estimate of drug-likeness (QED) is 0.612. The maximum Gasteiger partial charge on any atom is 0.00385 e. The average molecular weight is 375 g/mol. The highest BCUT2D eigenvalue weighted by Crippen LogP contribution is 2.53. The van der Waals surface area contributed by atoms with Crippen LogP contribution in [0.1, 0.15) is 91.9 Å². The molecule has 2 spiro atoms. The van der Waals surface area contributed by atoms with Crippen molar-refractivity contribution in [1.82, 2.24) is 9.80 Å². The Bertz CT molecular complexity index is 463. The third kappa shape index (κ3) is 4.42. The van der Waals surface area contributed by atoms with E-state index < -0.39 is 0 Å². The molecule has 0 bridgehead atoms. The summed E-state index contributed by atoms with van der Waals surface area (Å²) < 4.78 is 0. The Balaban J connectivity index is 1.16. The lowest BCUT2D eigenvalue weighted by Gasteiger charge is -2.54. The van der Waals surface area contributed by atoms with Crippen molar-refractivity contribution in [3.63, 3.8) is 0 Å². The Morgan fingerprint density at radius 3 is 1.81 bits per heavy atom. The van der Waals surface area contributed by atoms with E-state index in [1.54, 1.807) is 0 Å². The number of nitrogens with zero attached hydrogens (tertiary/aromatic N) is 2. The molecule has 0 aromatic rings. The zero-order valence-electron chi connectivity index (χ0n) is 18.8. The molecule has 4 aliphatic rings. The van der Waals surface area contributed by atoms with Crippen LogP contribution in [0, 0.1) is 28.6 Å². The van der Waals surface area contributed by atoms with Gasteiger partial charge < -0.3 is 9.80 Å². The molecule has 0 aromatic carbocycles. The second kappa shape index (κ2) is 7.98. The van der Waals surface area contributed by atoms with Crippen molar-refractivity contribution >= 4 is 0 Å². The van der Waals surface area contributed by atoms with E-state index in [2.05, 4.69) is 37.5 Å². The highest BCUT2D eigenvalue weighted by atomic mass is 15.2. The SMILES string of the molecule is CC(C)C1CCC2(CC1)CCN(CC1CC3(CCN(C(C)C)CC3)C1)CC2. The van der Waals surface area contributed by atoms with E-state index in [1.807, 2.05) is 0 Å². The number of rotatable bonds is 4. The maximum atomic E-state index is 2.85. The average Bonchev–Trinajstić information content (AvgIpc) is 2.63. The summed E-state index contributed by atoms with van der Waals surface area (Å²) in [5.41, 5.74) is 1.49. The summed E-state index contributed by atoms with van der Waals surface area (Å²) in [5.74, 6) is 2.93. The number of likely N-dealkylation sites (tertiary alicyclic amines) is 2. The van der Waals surface area contributed by atoms with Gasteiger partial charge in [-0.15, -0.1) is 0 Å². The van der Waals surface area contributed by atoms with Crippen molar-refractivity contribution in [3.05, 3.63) is 0 Å². The smallest absolute Gasteiger partial charge is 0.00385 e. The van der Waals surface area contributed by atoms with Crippen LogP contribution in [0.25, 0.3) is 0 Å². The zero-order chi connectivity index (χ0) is 19.1. The fourth-order valence-corrected chi connectivity index (χ4v) is 7.21. The molecular weight excluding hydrogens is 328 g/mol. The zero-order valence-corrected chi connectivity index (χ0v) is 18.8. The number of hydrogen-bond donors (Lipinski definition) is 0. The van der Waals surface area contributed by atoms with E-state index in [4.69, 9.17) is 0 Å². The fourth-order valence-electron chi connectivity index (χ4n) is 7.21. The van der Waals surface area contributed by atoms with E-state index in [9.17, 15) is 0 Å². The van der Waals surface area contributed by atoms with Crippen molar-refractivity contribution in [2.24, 2.45) is 28.6 Å². The Morgan fingerprint density at radius 2 is 1.30 bits per heavy atom. The van der Waals surface area contributed by atoms with E-state index >= 15 is 0 Å². The van der Waals surface area contributed by atoms with E-state index in [0.29, 0.717) is 0 Å². The molecule has 0 N–H and O–H groups in total.